The molecule has 0 N–H and O–H groups in total. The van der Waals surface area contributed by atoms with E-state index in [2.05, 4.69) is 0 Å². The summed E-state index contributed by atoms with van der Waals surface area (Å²) in [6.45, 7) is 1.78. The predicted molar refractivity (Wildman–Crippen MR) is 58.5 cm³/mol. The monoisotopic (exact) mass is 234 g/mol. The van der Waals surface area contributed by atoms with E-state index in [0.717, 1.165) is 5.56 Å². The maximum Gasteiger partial charge on any atom is 0.302 e. The third-order valence-electron chi connectivity index (χ3n) is 1.28. The Balaban J connectivity index is 0.000000500. The first-order valence-electron chi connectivity index (χ1n) is 4.00. The van der Waals surface area contributed by atoms with E-state index < -0.39 is 0 Å². The average Bonchev–Trinajstić information content (AvgIpc) is 2.18. The molecule has 1 rings (SSSR count). The SMILES string of the molecule is CC(=O)OCc1ccccc1.ClCCl. The Bertz CT molecular complexity index is 250. The number of alkyl halides is 2. The first-order valence-corrected chi connectivity index (χ1v) is 5.06. The zero-order chi connectivity index (χ0) is 10.8. The van der Waals surface area contributed by atoms with Crippen LogP contribution in [0.15, 0.2) is 30.3 Å². The molecule has 78 valence electrons. The van der Waals surface area contributed by atoms with Gasteiger partial charge in [0.25, 0.3) is 0 Å². The van der Waals surface area contributed by atoms with Crippen molar-refractivity contribution in [1.29, 1.82) is 0 Å². The summed E-state index contributed by atoms with van der Waals surface area (Å²) < 4.78 is 4.79. The lowest BCUT2D eigenvalue weighted by atomic mass is 10.2. The number of ether oxygens (including phenoxy) is 1. The van der Waals surface area contributed by atoms with Gasteiger partial charge in [0, 0.05) is 6.92 Å². The normalized spacial score (nSPS) is 8.50. The van der Waals surface area contributed by atoms with Gasteiger partial charge in [0.15, 0.2) is 0 Å². The Hall–Kier alpha value is -0.730. The highest BCUT2D eigenvalue weighted by molar-refractivity contribution is 6.40. The van der Waals surface area contributed by atoms with Gasteiger partial charge in [0.2, 0.25) is 0 Å². The molecule has 0 spiro atoms. The van der Waals surface area contributed by atoms with Crippen molar-refractivity contribution < 1.29 is 9.53 Å². The average molecular weight is 235 g/mol. The molecule has 0 aliphatic carbocycles. The molecular weight excluding hydrogens is 223 g/mol. The van der Waals surface area contributed by atoms with Gasteiger partial charge in [-0.05, 0) is 5.56 Å². The van der Waals surface area contributed by atoms with Gasteiger partial charge in [0.1, 0.15) is 6.61 Å². The van der Waals surface area contributed by atoms with E-state index in [1.165, 1.54) is 6.92 Å². The zero-order valence-corrected chi connectivity index (χ0v) is 9.39. The second kappa shape index (κ2) is 8.85. The van der Waals surface area contributed by atoms with Gasteiger partial charge in [-0.25, -0.2) is 0 Å². The van der Waals surface area contributed by atoms with Crippen molar-refractivity contribution in [2.45, 2.75) is 13.5 Å². The summed E-state index contributed by atoms with van der Waals surface area (Å²) in [6, 6.07) is 9.60. The van der Waals surface area contributed by atoms with E-state index in [0.29, 0.717) is 6.61 Å². The minimum atomic E-state index is -0.242. The van der Waals surface area contributed by atoms with Crippen LogP contribution in [-0.2, 0) is 16.1 Å². The van der Waals surface area contributed by atoms with E-state index in [1.54, 1.807) is 0 Å². The van der Waals surface area contributed by atoms with Crippen molar-refractivity contribution in [1.82, 2.24) is 0 Å². The lowest BCUT2D eigenvalue weighted by Crippen LogP contribution is -1.97. The van der Waals surface area contributed by atoms with E-state index >= 15 is 0 Å². The number of carbonyl (C=O) groups is 1. The van der Waals surface area contributed by atoms with Crippen LogP contribution in [-0.4, -0.2) is 11.3 Å². The summed E-state index contributed by atoms with van der Waals surface area (Å²) in [5.74, 6) is -0.242. The molecule has 0 amide bonds. The Morgan fingerprint density at radius 2 is 1.79 bits per heavy atom. The van der Waals surface area contributed by atoms with Crippen LogP contribution in [0.3, 0.4) is 0 Å². The zero-order valence-electron chi connectivity index (χ0n) is 7.87. The van der Waals surface area contributed by atoms with Gasteiger partial charge in [-0.2, -0.15) is 0 Å². The number of rotatable bonds is 2. The van der Waals surface area contributed by atoms with Gasteiger partial charge >= 0.3 is 5.97 Å². The Morgan fingerprint density at radius 3 is 2.21 bits per heavy atom. The van der Waals surface area contributed by atoms with Gasteiger partial charge in [-0.15, -0.1) is 23.2 Å². The highest BCUT2D eigenvalue weighted by Crippen LogP contribution is 1.99. The van der Waals surface area contributed by atoms with Gasteiger partial charge < -0.3 is 4.74 Å². The Kier molecular flexibility index (Phi) is 8.39. The fourth-order valence-electron chi connectivity index (χ4n) is 0.759. The molecule has 0 aromatic heterocycles. The van der Waals surface area contributed by atoms with Crippen molar-refractivity contribution in [2.24, 2.45) is 0 Å². The predicted octanol–water partition coefficient (Wildman–Crippen LogP) is 3.17. The molecule has 0 unspecified atom stereocenters. The number of hydrogen-bond acceptors (Lipinski definition) is 2. The van der Waals surface area contributed by atoms with Crippen LogP contribution < -0.4 is 0 Å². The number of carbonyl (C=O) groups excluding carboxylic acids is 1. The molecule has 0 bridgehead atoms. The van der Waals surface area contributed by atoms with Crippen LogP contribution in [0.1, 0.15) is 12.5 Å². The number of hydrogen-bond donors (Lipinski definition) is 0. The van der Waals surface area contributed by atoms with Gasteiger partial charge in [0.05, 0.1) is 5.34 Å². The number of esters is 1. The van der Waals surface area contributed by atoms with E-state index in [4.69, 9.17) is 27.9 Å². The summed E-state index contributed by atoms with van der Waals surface area (Å²) in [5, 5.41) is 0.194. The Morgan fingerprint density at radius 1 is 1.29 bits per heavy atom. The molecule has 0 atom stereocenters. The van der Waals surface area contributed by atoms with Crippen LogP contribution >= 0.6 is 23.2 Å². The number of halogens is 2. The third-order valence-corrected chi connectivity index (χ3v) is 1.28. The lowest BCUT2D eigenvalue weighted by molar-refractivity contribution is -0.142. The highest BCUT2D eigenvalue weighted by atomic mass is 35.5. The first-order chi connectivity index (χ1) is 6.70. The molecule has 0 heterocycles. The lowest BCUT2D eigenvalue weighted by Gasteiger charge is -1.99. The third kappa shape index (κ3) is 7.90. The molecule has 0 saturated heterocycles. The van der Waals surface area contributed by atoms with Crippen LogP contribution in [0.4, 0.5) is 0 Å². The van der Waals surface area contributed by atoms with Gasteiger partial charge in [-0.3, -0.25) is 4.79 Å². The topological polar surface area (TPSA) is 26.3 Å². The molecule has 0 radical (unpaired) electrons. The molecule has 4 heteroatoms. The van der Waals surface area contributed by atoms with E-state index in [1.807, 2.05) is 30.3 Å². The van der Waals surface area contributed by atoms with Crippen LogP contribution in [0.25, 0.3) is 0 Å². The van der Waals surface area contributed by atoms with Crippen molar-refractivity contribution in [3.63, 3.8) is 0 Å². The highest BCUT2D eigenvalue weighted by Gasteiger charge is 1.93. The number of benzene rings is 1. The van der Waals surface area contributed by atoms with Gasteiger partial charge in [-0.1, -0.05) is 30.3 Å². The molecule has 1 aromatic rings. The van der Waals surface area contributed by atoms with E-state index in [9.17, 15) is 4.79 Å². The van der Waals surface area contributed by atoms with Crippen LogP contribution in [0.5, 0.6) is 0 Å². The maximum atomic E-state index is 10.4. The first kappa shape index (κ1) is 13.3. The molecule has 0 aliphatic rings. The molecule has 1 aromatic carbocycles. The maximum absolute atomic E-state index is 10.4. The quantitative estimate of drug-likeness (QED) is 0.581. The molecule has 14 heavy (non-hydrogen) atoms. The van der Waals surface area contributed by atoms with Crippen molar-refractivity contribution >= 4 is 29.2 Å². The molecule has 2 nitrogen and oxygen atoms in total. The molecular formula is C10H12Cl2O2. The van der Waals surface area contributed by atoms with Crippen LogP contribution in [0, 0.1) is 0 Å². The van der Waals surface area contributed by atoms with Crippen molar-refractivity contribution in [3.05, 3.63) is 35.9 Å². The van der Waals surface area contributed by atoms with Crippen LogP contribution in [0.2, 0.25) is 0 Å². The second-order valence-corrected chi connectivity index (χ2v) is 3.17. The summed E-state index contributed by atoms with van der Waals surface area (Å²) in [5.41, 5.74) is 1.02. The largest absolute Gasteiger partial charge is 0.461 e. The second-order valence-electron chi connectivity index (χ2n) is 2.37. The summed E-state index contributed by atoms with van der Waals surface area (Å²) in [7, 11) is 0. The Labute approximate surface area is 93.8 Å². The summed E-state index contributed by atoms with van der Waals surface area (Å²) in [4.78, 5) is 10.4. The molecule has 0 saturated carbocycles. The smallest absolute Gasteiger partial charge is 0.302 e. The summed E-state index contributed by atoms with van der Waals surface area (Å²) >= 11 is 9.53. The minimum Gasteiger partial charge on any atom is -0.461 e. The summed E-state index contributed by atoms with van der Waals surface area (Å²) in [6.07, 6.45) is 0. The fraction of sp³-hybridized carbons (Fsp3) is 0.300. The standard InChI is InChI=1S/C9H10O2.CH2Cl2/c1-8(10)11-7-9-5-3-2-4-6-9;2-1-3/h2-6H,7H2,1H3;1H2. The molecule has 0 aliphatic heterocycles. The minimum absolute atomic E-state index is 0.194. The fourth-order valence-corrected chi connectivity index (χ4v) is 0.759. The molecule has 0 fully saturated rings. The van der Waals surface area contributed by atoms with Crippen molar-refractivity contribution in [2.75, 3.05) is 5.34 Å². The van der Waals surface area contributed by atoms with E-state index in [-0.39, 0.29) is 11.3 Å². The van der Waals surface area contributed by atoms with Crippen molar-refractivity contribution in [3.8, 4) is 0 Å².